The number of likely N-dealkylation sites (tertiary alicyclic amines) is 1. The summed E-state index contributed by atoms with van der Waals surface area (Å²) >= 11 is 0. The van der Waals surface area contributed by atoms with Crippen molar-refractivity contribution in [3.05, 3.63) is 29.3 Å². The largest absolute Gasteiger partial charge is 0.481 e. The second-order valence-corrected chi connectivity index (χ2v) is 5.70. The number of hydrogen-bond donors (Lipinski definition) is 1. The first kappa shape index (κ1) is 17.1. The lowest BCUT2D eigenvalue weighted by atomic mass is 10.1. The number of pyridine rings is 1. The highest BCUT2D eigenvalue weighted by Gasteiger charge is 2.49. The van der Waals surface area contributed by atoms with Crippen molar-refractivity contribution in [3.8, 4) is 11.8 Å². The minimum atomic E-state index is -3.03. The zero-order valence-corrected chi connectivity index (χ0v) is 13.9. The lowest BCUT2D eigenvalue weighted by Crippen LogP contribution is -2.33. The molecule has 3 heterocycles. The summed E-state index contributed by atoms with van der Waals surface area (Å²) in [5, 5.41) is 6.54. The maximum atomic E-state index is 14.0. The van der Waals surface area contributed by atoms with Crippen LogP contribution in [0.5, 0.6) is 11.8 Å². The minimum absolute atomic E-state index is 0.00415. The zero-order chi connectivity index (χ0) is 18.2. The van der Waals surface area contributed by atoms with Gasteiger partial charge in [-0.15, -0.1) is 0 Å². The number of H-pyrrole nitrogens is 1. The van der Waals surface area contributed by atoms with Gasteiger partial charge in [0.05, 0.1) is 26.8 Å². The lowest BCUT2D eigenvalue weighted by Gasteiger charge is -2.22. The van der Waals surface area contributed by atoms with Crippen LogP contribution in [0, 0.1) is 6.92 Å². The number of carbonyl (C=O) groups is 1. The Balaban J connectivity index is 1.97. The number of ether oxygens (including phenoxy) is 2. The molecule has 1 aliphatic rings. The summed E-state index contributed by atoms with van der Waals surface area (Å²) < 4.78 is 38.1. The van der Waals surface area contributed by atoms with Crippen molar-refractivity contribution < 1.29 is 23.0 Å². The molecule has 0 spiro atoms. The van der Waals surface area contributed by atoms with E-state index in [1.54, 1.807) is 6.92 Å². The van der Waals surface area contributed by atoms with Crippen molar-refractivity contribution in [2.75, 3.05) is 20.8 Å². The molecule has 10 heteroatoms. The predicted octanol–water partition coefficient (Wildman–Crippen LogP) is 1.75. The maximum Gasteiger partial charge on any atom is 0.267 e. The summed E-state index contributed by atoms with van der Waals surface area (Å²) in [6.45, 7) is 0.936. The topological polar surface area (TPSA) is 93.2 Å². The highest BCUT2D eigenvalue weighted by molar-refractivity contribution is 5.97. The van der Waals surface area contributed by atoms with Crippen LogP contribution in [0.2, 0.25) is 0 Å². The molecule has 0 bridgehead atoms. The molecular formula is C15H17F2N5O3. The third-order valence-electron chi connectivity index (χ3n) is 3.91. The summed E-state index contributed by atoms with van der Waals surface area (Å²) in [6.07, 6.45) is -0.540. The van der Waals surface area contributed by atoms with Gasteiger partial charge in [0.1, 0.15) is 11.4 Å². The monoisotopic (exact) mass is 353 g/mol. The van der Waals surface area contributed by atoms with Crippen LogP contribution in [0.4, 0.5) is 8.78 Å². The van der Waals surface area contributed by atoms with Crippen LogP contribution in [0.3, 0.4) is 0 Å². The Morgan fingerprint density at radius 2 is 2.08 bits per heavy atom. The van der Waals surface area contributed by atoms with E-state index in [1.807, 2.05) is 0 Å². The Bertz CT molecular complexity index is 795. The molecule has 2 aromatic heterocycles. The van der Waals surface area contributed by atoms with Gasteiger partial charge in [-0.25, -0.2) is 13.8 Å². The second-order valence-electron chi connectivity index (χ2n) is 5.70. The van der Waals surface area contributed by atoms with E-state index >= 15 is 0 Å². The molecule has 1 atom stereocenters. The number of methoxy groups -OCH3 is 2. The van der Waals surface area contributed by atoms with Crippen molar-refractivity contribution in [1.82, 2.24) is 25.1 Å². The highest BCUT2D eigenvalue weighted by atomic mass is 19.3. The van der Waals surface area contributed by atoms with Crippen molar-refractivity contribution in [2.45, 2.75) is 25.3 Å². The first-order chi connectivity index (χ1) is 11.8. The molecule has 0 unspecified atom stereocenters. The normalized spacial score (nSPS) is 19.1. The first-order valence-corrected chi connectivity index (χ1v) is 7.51. The molecule has 0 saturated carbocycles. The maximum absolute atomic E-state index is 14.0. The van der Waals surface area contributed by atoms with Gasteiger partial charge >= 0.3 is 0 Å². The smallest absolute Gasteiger partial charge is 0.267 e. The molecule has 0 aliphatic carbocycles. The Kier molecular flexibility index (Phi) is 4.27. The molecule has 134 valence electrons. The number of aromatic amines is 1. The average Bonchev–Trinajstić information content (AvgIpc) is 3.16. The van der Waals surface area contributed by atoms with Crippen molar-refractivity contribution in [1.29, 1.82) is 0 Å². The summed E-state index contributed by atoms with van der Waals surface area (Å²) in [5.41, 5.74) is 0.0678. The van der Waals surface area contributed by atoms with Crippen LogP contribution in [0.15, 0.2) is 12.1 Å². The van der Waals surface area contributed by atoms with Gasteiger partial charge in [-0.3, -0.25) is 9.89 Å². The molecule has 1 fully saturated rings. The van der Waals surface area contributed by atoms with E-state index in [9.17, 15) is 13.6 Å². The van der Waals surface area contributed by atoms with Crippen LogP contribution in [0.1, 0.15) is 34.5 Å². The van der Waals surface area contributed by atoms with E-state index in [1.165, 1.54) is 26.4 Å². The molecule has 25 heavy (non-hydrogen) atoms. The first-order valence-electron chi connectivity index (χ1n) is 7.51. The summed E-state index contributed by atoms with van der Waals surface area (Å²) in [5.74, 6) is -2.76. The van der Waals surface area contributed by atoms with E-state index < -0.39 is 30.8 Å². The number of alkyl halides is 2. The van der Waals surface area contributed by atoms with Crippen LogP contribution >= 0.6 is 0 Å². The summed E-state index contributed by atoms with van der Waals surface area (Å²) in [4.78, 5) is 22.0. The molecule has 1 aliphatic heterocycles. The van der Waals surface area contributed by atoms with Gasteiger partial charge in [0.15, 0.2) is 5.82 Å². The molecule has 1 N–H and O–H groups in total. The number of carbonyl (C=O) groups excluding carboxylic acids is 1. The standard InChI is InChI=1S/C15H17F2N5O3/c1-8-18-12(21-20-8)10-6-15(16,17)7-22(10)14(23)9-4-5-11(24-2)19-13(9)25-3/h4-5,10H,6-7H2,1-3H3,(H,18,20,21)/t10-/m0/s1. The fourth-order valence-corrected chi connectivity index (χ4v) is 2.78. The Labute approximate surface area is 142 Å². The molecule has 0 aromatic carbocycles. The number of nitrogens with one attached hydrogen (secondary N) is 1. The summed E-state index contributed by atoms with van der Waals surface area (Å²) in [6, 6.07) is 1.97. The Morgan fingerprint density at radius 3 is 2.68 bits per heavy atom. The fourth-order valence-electron chi connectivity index (χ4n) is 2.78. The van der Waals surface area contributed by atoms with Crippen molar-refractivity contribution >= 4 is 5.91 Å². The third kappa shape index (κ3) is 3.24. The number of rotatable bonds is 4. The molecular weight excluding hydrogens is 336 g/mol. The molecule has 1 amide bonds. The molecule has 2 aromatic rings. The fraction of sp³-hybridized carbons (Fsp3) is 0.467. The number of halogens is 2. The van der Waals surface area contributed by atoms with Crippen LogP contribution < -0.4 is 9.47 Å². The average molecular weight is 353 g/mol. The molecule has 3 rings (SSSR count). The van der Waals surface area contributed by atoms with Crippen molar-refractivity contribution in [3.63, 3.8) is 0 Å². The summed E-state index contributed by atoms with van der Waals surface area (Å²) in [7, 11) is 2.76. The number of hydrogen-bond acceptors (Lipinski definition) is 6. The van der Waals surface area contributed by atoms with Gasteiger partial charge in [0, 0.05) is 12.5 Å². The van der Waals surface area contributed by atoms with Gasteiger partial charge < -0.3 is 14.4 Å². The Morgan fingerprint density at radius 1 is 1.32 bits per heavy atom. The second kappa shape index (κ2) is 6.26. The van der Waals surface area contributed by atoms with Crippen molar-refractivity contribution in [2.24, 2.45) is 0 Å². The number of nitrogens with zero attached hydrogens (tertiary/aromatic N) is 4. The molecule has 0 radical (unpaired) electrons. The number of amides is 1. The van der Waals surface area contributed by atoms with E-state index in [2.05, 4.69) is 20.2 Å². The molecule has 1 saturated heterocycles. The van der Waals surface area contributed by atoms with E-state index in [-0.39, 0.29) is 23.1 Å². The Hall–Kier alpha value is -2.78. The quantitative estimate of drug-likeness (QED) is 0.900. The number of aryl methyl sites for hydroxylation is 1. The SMILES string of the molecule is COc1ccc(C(=O)N2CC(F)(F)C[C@H]2c2n[nH]c(C)n2)c(OC)n1. The highest BCUT2D eigenvalue weighted by Crippen LogP contribution is 2.41. The van der Waals surface area contributed by atoms with Gasteiger partial charge in [-0.1, -0.05) is 0 Å². The minimum Gasteiger partial charge on any atom is -0.481 e. The van der Waals surface area contributed by atoms with E-state index in [0.717, 1.165) is 4.90 Å². The van der Waals surface area contributed by atoms with Crippen LogP contribution in [-0.4, -0.2) is 57.7 Å². The lowest BCUT2D eigenvalue weighted by molar-refractivity contribution is 0.0117. The van der Waals surface area contributed by atoms with Gasteiger partial charge in [0.25, 0.3) is 11.8 Å². The van der Waals surface area contributed by atoms with Gasteiger partial charge in [-0.2, -0.15) is 10.1 Å². The third-order valence-corrected chi connectivity index (χ3v) is 3.91. The van der Waals surface area contributed by atoms with E-state index in [0.29, 0.717) is 5.82 Å². The van der Waals surface area contributed by atoms with Gasteiger partial charge in [0.2, 0.25) is 11.8 Å². The predicted molar refractivity (Wildman–Crippen MR) is 81.8 cm³/mol. The number of aromatic nitrogens is 4. The molecule has 8 nitrogen and oxygen atoms in total. The van der Waals surface area contributed by atoms with E-state index in [4.69, 9.17) is 9.47 Å². The van der Waals surface area contributed by atoms with Crippen LogP contribution in [-0.2, 0) is 0 Å². The zero-order valence-electron chi connectivity index (χ0n) is 13.9. The van der Waals surface area contributed by atoms with Gasteiger partial charge in [-0.05, 0) is 13.0 Å². The van der Waals surface area contributed by atoms with Crippen LogP contribution in [0.25, 0.3) is 0 Å².